The van der Waals surface area contributed by atoms with Gasteiger partial charge in [-0.25, -0.2) is 17.6 Å². The lowest BCUT2D eigenvalue weighted by Crippen LogP contribution is -2.51. The fourth-order valence-corrected chi connectivity index (χ4v) is 7.59. The number of nitrogens with zero attached hydrogens (tertiary/aromatic N) is 2. The highest BCUT2D eigenvalue weighted by Gasteiger charge is 2.44. The van der Waals surface area contributed by atoms with Gasteiger partial charge in [0.05, 0.1) is 36.2 Å². The summed E-state index contributed by atoms with van der Waals surface area (Å²) in [6.45, 7) is 3.73. The Morgan fingerprint density at radius 1 is 1.02 bits per heavy atom. The zero-order valence-electron chi connectivity index (χ0n) is 27.4. The van der Waals surface area contributed by atoms with Gasteiger partial charge in [-0.3, -0.25) is 0 Å². The first kappa shape index (κ1) is 36.6. The van der Waals surface area contributed by atoms with Gasteiger partial charge < -0.3 is 38.8 Å². The van der Waals surface area contributed by atoms with Crippen LogP contribution in [-0.2, 0) is 30.7 Å². The van der Waals surface area contributed by atoms with Crippen molar-refractivity contribution in [1.82, 2.24) is 14.6 Å². The van der Waals surface area contributed by atoms with Gasteiger partial charge in [0, 0.05) is 19.2 Å². The summed E-state index contributed by atoms with van der Waals surface area (Å²) in [5.41, 5.74) is 0.471. The average Bonchev–Trinajstić information content (AvgIpc) is 3.85. The third-order valence-electron chi connectivity index (χ3n) is 8.50. The molecule has 2 aromatic carbocycles. The van der Waals surface area contributed by atoms with Crippen LogP contribution in [0.15, 0.2) is 47.4 Å². The lowest BCUT2D eigenvalue weighted by atomic mass is 10.0. The number of carbonyl (C=O) groups excluding carboxylic acids is 1. The summed E-state index contributed by atoms with van der Waals surface area (Å²) in [7, 11) is -4.19. The molecule has 5 atom stereocenters. The van der Waals surface area contributed by atoms with E-state index in [9.17, 15) is 35.9 Å². The van der Waals surface area contributed by atoms with Gasteiger partial charge in [-0.15, -0.1) is 0 Å². The number of aromatic nitrogens is 1. The van der Waals surface area contributed by atoms with Gasteiger partial charge in [0.15, 0.2) is 17.8 Å². The molecule has 0 bridgehead atoms. The number of amides is 1. The summed E-state index contributed by atoms with van der Waals surface area (Å²) in [5.74, 6) is -8.80. The number of hydrogen-bond donors (Lipinski definition) is 2. The van der Waals surface area contributed by atoms with Crippen LogP contribution in [0, 0.1) is 35.2 Å². The standard InChI is InChI=1S/C33H35F4N3O10S/c1-17(2)13-40(51(43,44)20-7-8-24-25(12-20)48-16-47-24)14-23(41)22(38-33(42)50-26-15-46-32-21(26)9-10-45-32)11-18-3-5-19(6-4-18)49-31-29(36)27(34)28(35)30(37)39-31/h3-8,12,17,21-23,26,32,41H,9-11,13-16H2,1-2H3,(H,38,42)/t21-,22-,23+,26-,32+/m0/s1. The fraction of sp³-hybridized carbons (Fsp3) is 0.455. The molecule has 13 nitrogen and oxygen atoms in total. The molecule has 2 saturated heterocycles. The van der Waals surface area contributed by atoms with Crippen molar-refractivity contribution < 1.29 is 64.3 Å². The highest BCUT2D eigenvalue weighted by molar-refractivity contribution is 7.89. The minimum atomic E-state index is -4.19. The Morgan fingerprint density at radius 2 is 1.76 bits per heavy atom. The van der Waals surface area contributed by atoms with Crippen LogP contribution in [0.5, 0.6) is 23.1 Å². The van der Waals surface area contributed by atoms with Gasteiger partial charge in [0.2, 0.25) is 34.3 Å². The van der Waals surface area contributed by atoms with Crippen LogP contribution < -0.4 is 19.5 Å². The summed E-state index contributed by atoms with van der Waals surface area (Å²) in [6.07, 6.45) is -2.90. The topological polar surface area (TPSA) is 155 Å². The highest BCUT2D eigenvalue weighted by Crippen LogP contribution is 2.36. The molecule has 4 heterocycles. The molecule has 1 amide bonds. The number of aliphatic hydroxyl groups excluding tert-OH is 1. The molecule has 2 fully saturated rings. The van der Waals surface area contributed by atoms with Crippen molar-refractivity contribution in [3.8, 4) is 23.1 Å². The molecule has 0 saturated carbocycles. The van der Waals surface area contributed by atoms with E-state index in [4.69, 9.17) is 28.4 Å². The van der Waals surface area contributed by atoms with Crippen molar-refractivity contribution in [3.63, 3.8) is 0 Å². The number of rotatable bonds is 13. The third-order valence-corrected chi connectivity index (χ3v) is 10.3. The lowest BCUT2D eigenvalue weighted by Gasteiger charge is -2.31. The summed E-state index contributed by atoms with van der Waals surface area (Å²) in [5, 5.41) is 14.3. The largest absolute Gasteiger partial charge is 0.454 e. The van der Waals surface area contributed by atoms with Crippen LogP contribution in [-0.4, -0.2) is 86.5 Å². The van der Waals surface area contributed by atoms with Gasteiger partial charge in [-0.2, -0.15) is 22.5 Å². The zero-order chi connectivity index (χ0) is 36.4. The molecule has 3 aromatic rings. The van der Waals surface area contributed by atoms with E-state index in [0.717, 1.165) is 4.31 Å². The van der Waals surface area contributed by atoms with Crippen molar-refractivity contribution in [3.05, 3.63) is 71.4 Å². The van der Waals surface area contributed by atoms with Crippen LogP contribution in [0.4, 0.5) is 22.4 Å². The van der Waals surface area contributed by atoms with Crippen LogP contribution in [0.25, 0.3) is 0 Å². The zero-order valence-corrected chi connectivity index (χ0v) is 28.2. The SMILES string of the molecule is CC(C)CN(C[C@@H](O)[C@H](Cc1ccc(Oc2nc(F)c(F)c(F)c2F)cc1)NC(=O)O[C@H]1CO[C@H]2OCC[C@H]21)S(=O)(=O)c1ccc2c(c1)OCO2. The quantitative estimate of drug-likeness (QED) is 0.191. The number of pyridine rings is 1. The second kappa shape index (κ2) is 15.2. The first-order valence-corrected chi connectivity index (χ1v) is 17.5. The number of aliphatic hydroxyl groups is 1. The molecular weight excluding hydrogens is 706 g/mol. The second-order valence-electron chi connectivity index (χ2n) is 12.6. The maximum atomic E-state index is 14.1. The van der Waals surface area contributed by atoms with Gasteiger partial charge >= 0.3 is 6.09 Å². The Balaban J connectivity index is 1.21. The van der Waals surface area contributed by atoms with E-state index in [0.29, 0.717) is 24.3 Å². The minimum Gasteiger partial charge on any atom is -0.454 e. The van der Waals surface area contributed by atoms with Crippen molar-refractivity contribution in [2.75, 3.05) is 33.1 Å². The van der Waals surface area contributed by atoms with E-state index in [1.54, 1.807) is 0 Å². The number of alkyl carbamates (subject to hydrolysis) is 1. The number of halogens is 4. The number of fused-ring (bicyclic) bond motifs is 2. The van der Waals surface area contributed by atoms with E-state index in [1.807, 2.05) is 13.8 Å². The van der Waals surface area contributed by atoms with Crippen LogP contribution in [0.3, 0.4) is 0 Å². The highest BCUT2D eigenvalue weighted by atomic mass is 32.2. The Kier molecular flexibility index (Phi) is 10.9. The minimum absolute atomic E-state index is 0.0225. The van der Waals surface area contributed by atoms with Gasteiger partial charge in [-0.05, 0) is 48.6 Å². The van der Waals surface area contributed by atoms with Crippen LogP contribution >= 0.6 is 0 Å². The molecule has 3 aliphatic heterocycles. The van der Waals surface area contributed by atoms with Crippen molar-refractivity contribution in [2.24, 2.45) is 11.8 Å². The van der Waals surface area contributed by atoms with Crippen molar-refractivity contribution >= 4 is 16.1 Å². The number of ether oxygens (including phenoxy) is 6. The summed E-state index contributed by atoms with van der Waals surface area (Å²) in [4.78, 5) is 16.1. The molecule has 0 aliphatic carbocycles. The molecule has 2 N–H and O–H groups in total. The van der Waals surface area contributed by atoms with E-state index in [1.165, 1.54) is 42.5 Å². The van der Waals surface area contributed by atoms with Gasteiger partial charge in [0.1, 0.15) is 11.9 Å². The van der Waals surface area contributed by atoms with Crippen LogP contribution in [0.2, 0.25) is 0 Å². The lowest BCUT2D eigenvalue weighted by molar-refractivity contribution is -0.0907. The van der Waals surface area contributed by atoms with Crippen molar-refractivity contribution in [1.29, 1.82) is 0 Å². The van der Waals surface area contributed by atoms with Crippen molar-refractivity contribution in [2.45, 2.75) is 56.1 Å². The first-order valence-electron chi connectivity index (χ1n) is 16.0. The molecule has 0 spiro atoms. The van der Waals surface area contributed by atoms with E-state index >= 15 is 0 Å². The number of nitrogens with one attached hydrogen (secondary N) is 1. The Hall–Kier alpha value is -4.23. The van der Waals surface area contributed by atoms with E-state index < -0.39 is 76.5 Å². The Bertz CT molecular complexity index is 1850. The molecule has 18 heteroatoms. The average molecular weight is 742 g/mol. The number of benzene rings is 2. The summed E-state index contributed by atoms with van der Waals surface area (Å²) in [6, 6.07) is 8.57. The van der Waals surface area contributed by atoms with Gasteiger partial charge in [0.25, 0.3) is 11.8 Å². The molecule has 0 radical (unpaired) electrons. The Morgan fingerprint density at radius 3 is 2.51 bits per heavy atom. The predicted octanol–water partition coefficient (Wildman–Crippen LogP) is 4.27. The number of sulfonamides is 1. The molecule has 3 aliphatic rings. The first-order chi connectivity index (χ1) is 24.3. The fourth-order valence-electron chi connectivity index (χ4n) is 5.95. The van der Waals surface area contributed by atoms with E-state index in [2.05, 4.69) is 10.3 Å². The third kappa shape index (κ3) is 8.14. The molecule has 0 unspecified atom stereocenters. The maximum Gasteiger partial charge on any atom is 0.407 e. The normalized spacial score (nSPS) is 20.8. The Labute approximate surface area is 290 Å². The molecule has 6 rings (SSSR count). The maximum absolute atomic E-state index is 14.1. The monoisotopic (exact) mass is 741 g/mol. The number of hydrogen-bond acceptors (Lipinski definition) is 11. The van der Waals surface area contributed by atoms with Crippen LogP contribution in [0.1, 0.15) is 25.8 Å². The molecular formula is C33H35F4N3O10S. The summed E-state index contributed by atoms with van der Waals surface area (Å²) < 4.78 is 116. The smallest absolute Gasteiger partial charge is 0.407 e. The molecule has 1 aromatic heterocycles. The molecule has 276 valence electrons. The molecule has 51 heavy (non-hydrogen) atoms. The second-order valence-corrected chi connectivity index (χ2v) is 14.6. The summed E-state index contributed by atoms with van der Waals surface area (Å²) >= 11 is 0. The van der Waals surface area contributed by atoms with Gasteiger partial charge in [-0.1, -0.05) is 26.0 Å². The predicted molar refractivity (Wildman–Crippen MR) is 167 cm³/mol. The number of carbonyl (C=O) groups is 1. The van der Waals surface area contributed by atoms with E-state index in [-0.39, 0.29) is 54.6 Å².